The Hall–Kier alpha value is -2.02. The molecule has 110 valence electrons. The molecule has 0 saturated heterocycles. The van der Waals surface area contributed by atoms with Gasteiger partial charge in [-0.3, -0.25) is 10.1 Å². The van der Waals surface area contributed by atoms with E-state index < -0.39 is 0 Å². The molecule has 1 N–H and O–H groups in total. The number of carbonyl (C=O) groups excluding carboxylic acids is 1. The summed E-state index contributed by atoms with van der Waals surface area (Å²) in [5, 5.41) is 10.6. The van der Waals surface area contributed by atoms with E-state index in [2.05, 4.69) is 25.4 Å². The van der Waals surface area contributed by atoms with Crippen LogP contribution in [0.1, 0.15) is 29.6 Å². The zero-order valence-electron chi connectivity index (χ0n) is 11.8. The van der Waals surface area contributed by atoms with Crippen LogP contribution in [0.25, 0.3) is 0 Å². The second-order valence-corrected chi connectivity index (χ2v) is 6.09. The maximum atomic E-state index is 12.0. The van der Waals surface area contributed by atoms with E-state index in [1.165, 1.54) is 30.6 Å². The number of nitrogens with zero attached hydrogens (tertiary/aromatic N) is 4. The topological polar surface area (TPSA) is 71.0 Å². The Kier molecular flexibility index (Phi) is 4.10. The Morgan fingerprint density at radius 3 is 2.95 bits per heavy atom. The van der Waals surface area contributed by atoms with Crippen LogP contribution in [-0.4, -0.2) is 34.7 Å². The summed E-state index contributed by atoms with van der Waals surface area (Å²) in [6.07, 6.45) is 5.55. The summed E-state index contributed by atoms with van der Waals surface area (Å²) in [5.74, 6) is 1.58. The first kappa shape index (κ1) is 13.9. The largest absolute Gasteiger partial charge is 0.360 e. The van der Waals surface area contributed by atoms with Crippen molar-refractivity contribution in [2.45, 2.75) is 19.3 Å². The normalized spacial score (nSPS) is 14.0. The number of hydrogen-bond acceptors (Lipinski definition) is 6. The van der Waals surface area contributed by atoms with Gasteiger partial charge in [-0.2, -0.15) is 0 Å². The molecule has 0 aliphatic heterocycles. The molecule has 1 aliphatic rings. The number of amides is 1. The molecule has 0 atom stereocenters. The van der Waals surface area contributed by atoms with Gasteiger partial charge in [0.15, 0.2) is 0 Å². The van der Waals surface area contributed by atoms with E-state index in [4.69, 9.17) is 0 Å². The van der Waals surface area contributed by atoms with Crippen LogP contribution in [-0.2, 0) is 0 Å². The first-order valence-corrected chi connectivity index (χ1v) is 7.85. The molecule has 1 aliphatic carbocycles. The van der Waals surface area contributed by atoms with Gasteiger partial charge in [0.25, 0.3) is 5.91 Å². The molecule has 2 aromatic heterocycles. The lowest BCUT2D eigenvalue weighted by Crippen LogP contribution is -2.20. The zero-order chi connectivity index (χ0) is 14.7. The molecular formula is C14H17N5OS. The fraction of sp³-hybridized carbons (Fsp3) is 0.429. The van der Waals surface area contributed by atoms with Gasteiger partial charge in [-0.1, -0.05) is 24.2 Å². The Morgan fingerprint density at radius 1 is 1.48 bits per heavy atom. The molecule has 1 saturated carbocycles. The summed E-state index contributed by atoms with van der Waals surface area (Å²) in [5.41, 5.74) is 2.09. The SMILES string of the molecule is CN(CCC1CC1)c1ccc(C(=O)Nc2nncs2)cn1. The number of rotatable bonds is 6. The van der Waals surface area contributed by atoms with Gasteiger partial charge in [0.2, 0.25) is 5.13 Å². The molecule has 0 spiro atoms. The minimum Gasteiger partial charge on any atom is -0.360 e. The molecule has 3 rings (SSSR count). The van der Waals surface area contributed by atoms with Crippen molar-refractivity contribution in [1.82, 2.24) is 15.2 Å². The van der Waals surface area contributed by atoms with Crippen LogP contribution >= 0.6 is 11.3 Å². The highest BCUT2D eigenvalue weighted by atomic mass is 32.1. The Bertz CT molecular complexity index is 594. The molecule has 1 amide bonds. The molecule has 6 nitrogen and oxygen atoms in total. The lowest BCUT2D eigenvalue weighted by Gasteiger charge is -2.17. The van der Waals surface area contributed by atoms with Gasteiger partial charge in [-0.15, -0.1) is 10.2 Å². The Balaban J connectivity index is 1.58. The number of nitrogens with one attached hydrogen (secondary N) is 1. The third-order valence-corrected chi connectivity index (χ3v) is 4.16. The lowest BCUT2D eigenvalue weighted by molar-refractivity contribution is 0.102. The van der Waals surface area contributed by atoms with E-state index in [-0.39, 0.29) is 5.91 Å². The van der Waals surface area contributed by atoms with Crippen molar-refractivity contribution in [3.63, 3.8) is 0 Å². The fourth-order valence-electron chi connectivity index (χ4n) is 2.04. The van der Waals surface area contributed by atoms with Crippen LogP contribution in [0.3, 0.4) is 0 Å². The average molecular weight is 303 g/mol. The van der Waals surface area contributed by atoms with E-state index in [1.54, 1.807) is 17.8 Å². The summed E-state index contributed by atoms with van der Waals surface area (Å²) < 4.78 is 0. The van der Waals surface area contributed by atoms with Gasteiger partial charge in [-0.05, 0) is 24.5 Å². The van der Waals surface area contributed by atoms with Crippen molar-refractivity contribution in [2.24, 2.45) is 5.92 Å². The summed E-state index contributed by atoms with van der Waals surface area (Å²) in [6.45, 7) is 1.01. The minimum absolute atomic E-state index is 0.216. The lowest BCUT2D eigenvalue weighted by atomic mass is 10.2. The molecule has 2 aromatic rings. The quantitative estimate of drug-likeness (QED) is 0.887. The molecule has 2 heterocycles. The summed E-state index contributed by atoms with van der Waals surface area (Å²) in [6, 6.07) is 3.66. The minimum atomic E-state index is -0.216. The average Bonchev–Trinajstić information content (AvgIpc) is 3.20. The second kappa shape index (κ2) is 6.17. The third kappa shape index (κ3) is 3.75. The van der Waals surface area contributed by atoms with Crippen molar-refractivity contribution in [3.05, 3.63) is 29.4 Å². The third-order valence-electron chi connectivity index (χ3n) is 3.55. The maximum Gasteiger partial charge on any atom is 0.259 e. The fourth-order valence-corrected chi connectivity index (χ4v) is 2.48. The summed E-state index contributed by atoms with van der Waals surface area (Å²) in [7, 11) is 2.03. The number of pyridine rings is 1. The van der Waals surface area contributed by atoms with Gasteiger partial charge in [0.05, 0.1) is 5.56 Å². The smallest absolute Gasteiger partial charge is 0.259 e. The van der Waals surface area contributed by atoms with Crippen LogP contribution < -0.4 is 10.2 Å². The van der Waals surface area contributed by atoms with Gasteiger partial charge < -0.3 is 4.90 Å². The van der Waals surface area contributed by atoms with E-state index in [9.17, 15) is 4.79 Å². The monoisotopic (exact) mass is 303 g/mol. The van der Waals surface area contributed by atoms with Gasteiger partial charge in [0, 0.05) is 19.8 Å². The first-order valence-electron chi connectivity index (χ1n) is 6.97. The number of hydrogen-bond donors (Lipinski definition) is 1. The van der Waals surface area contributed by atoms with Crippen molar-refractivity contribution in [1.29, 1.82) is 0 Å². The molecule has 0 aromatic carbocycles. The van der Waals surface area contributed by atoms with Crippen LogP contribution in [0.4, 0.5) is 10.9 Å². The van der Waals surface area contributed by atoms with Crippen molar-refractivity contribution in [2.75, 3.05) is 23.8 Å². The highest BCUT2D eigenvalue weighted by molar-refractivity contribution is 7.13. The molecule has 0 bridgehead atoms. The van der Waals surface area contributed by atoms with Crippen molar-refractivity contribution < 1.29 is 4.79 Å². The summed E-state index contributed by atoms with van der Waals surface area (Å²) in [4.78, 5) is 18.5. The molecule has 21 heavy (non-hydrogen) atoms. The highest BCUT2D eigenvalue weighted by Crippen LogP contribution is 2.32. The molecule has 0 unspecified atom stereocenters. The zero-order valence-corrected chi connectivity index (χ0v) is 12.6. The molecule has 0 radical (unpaired) electrons. The first-order chi connectivity index (χ1) is 10.2. The highest BCUT2D eigenvalue weighted by Gasteiger charge is 2.21. The van der Waals surface area contributed by atoms with E-state index in [0.717, 1.165) is 18.3 Å². The van der Waals surface area contributed by atoms with Crippen molar-refractivity contribution >= 4 is 28.2 Å². The Morgan fingerprint density at radius 2 is 2.33 bits per heavy atom. The van der Waals surface area contributed by atoms with E-state index in [0.29, 0.717) is 10.7 Å². The Labute approximate surface area is 127 Å². The molecule has 1 fully saturated rings. The molecule has 7 heteroatoms. The van der Waals surface area contributed by atoms with E-state index in [1.807, 2.05) is 13.1 Å². The summed E-state index contributed by atoms with van der Waals surface area (Å²) >= 11 is 1.29. The van der Waals surface area contributed by atoms with Gasteiger partial charge >= 0.3 is 0 Å². The second-order valence-electron chi connectivity index (χ2n) is 5.26. The number of aromatic nitrogens is 3. The van der Waals surface area contributed by atoms with Crippen LogP contribution in [0.2, 0.25) is 0 Å². The predicted molar refractivity (Wildman–Crippen MR) is 82.7 cm³/mol. The number of anilines is 2. The van der Waals surface area contributed by atoms with Crippen LogP contribution in [0.15, 0.2) is 23.8 Å². The van der Waals surface area contributed by atoms with E-state index >= 15 is 0 Å². The number of carbonyl (C=O) groups is 1. The predicted octanol–water partition coefficient (Wildman–Crippen LogP) is 2.42. The van der Waals surface area contributed by atoms with Gasteiger partial charge in [0.1, 0.15) is 11.3 Å². The molecular weight excluding hydrogens is 286 g/mol. The van der Waals surface area contributed by atoms with Crippen molar-refractivity contribution in [3.8, 4) is 0 Å². The van der Waals surface area contributed by atoms with Crippen LogP contribution in [0, 0.1) is 5.92 Å². The van der Waals surface area contributed by atoms with Crippen LogP contribution in [0.5, 0.6) is 0 Å². The standard InChI is InChI=1S/C14H17N5OS/c1-19(7-6-10-2-3-10)12-5-4-11(8-15-12)13(20)17-14-18-16-9-21-14/h4-5,8-10H,2-3,6-7H2,1H3,(H,17,18,20). The maximum absolute atomic E-state index is 12.0. The van der Waals surface area contributed by atoms with Gasteiger partial charge in [-0.25, -0.2) is 4.98 Å².